The maximum absolute atomic E-state index is 15.2. The maximum Gasteiger partial charge on any atom is 0.271 e. The predicted molar refractivity (Wildman–Crippen MR) is 167 cm³/mol. The number of halogens is 7. The average Bonchev–Trinajstić information content (AvgIpc) is 3.45. The number of aromatic hydroxyl groups is 1. The van der Waals surface area contributed by atoms with Crippen LogP contribution in [0.3, 0.4) is 0 Å². The van der Waals surface area contributed by atoms with Crippen LogP contribution in [0.1, 0.15) is 24.3 Å². The lowest BCUT2D eigenvalue weighted by atomic mass is 9.56. The molecule has 3 aromatic rings. The number of para-hydroxylation sites is 1. The third-order valence-corrected chi connectivity index (χ3v) is 11.5. The number of fused-ring (bicyclic) bond motifs is 4. The largest absolute Gasteiger partial charge is 0.504 e. The van der Waals surface area contributed by atoms with E-state index in [9.17, 15) is 47.6 Å². The van der Waals surface area contributed by atoms with Gasteiger partial charge in [-0.3, -0.25) is 29.3 Å². The number of methoxy groups -OCH3 is 1. The summed E-state index contributed by atoms with van der Waals surface area (Å²) in [6.45, 7) is 0. The first-order valence-corrected chi connectivity index (χ1v) is 15.7. The predicted octanol–water partition coefficient (Wildman–Crippen LogP) is 5.77. The van der Waals surface area contributed by atoms with E-state index in [1.165, 1.54) is 43.5 Å². The number of phenolic OH excluding ortho intramolecular Hbond substituents is 1. The van der Waals surface area contributed by atoms with Crippen molar-refractivity contribution in [1.82, 2.24) is 0 Å². The molecule has 1 saturated carbocycles. The number of nitro groups is 1. The van der Waals surface area contributed by atoms with Crippen molar-refractivity contribution in [3.8, 4) is 11.5 Å². The number of phenols is 1. The highest BCUT2D eigenvalue weighted by Crippen LogP contribution is 2.67. The van der Waals surface area contributed by atoms with Gasteiger partial charge in [-0.1, -0.05) is 29.8 Å². The SMILES string of the molecule is COc1cccc([C@H]2C3=CC[C@@H]4C(=O)N(c5cccc([N+](=O)[O-])c5)C(=O)[C@@H]4[C@@H]3C[C@@]3(Cl)C(=O)N(c4c(F)c(F)c(F)c(F)c4F)C(=O)[C@@]23Cl)c1O. The van der Waals surface area contributed by atoms with Gasteiger partial charge in [-0.25, -0.2) is 31.8 Å². The van der Waals surface area contributed by atoms with Crippen LogP contribution >= 0.6 is 23.2 Å². The Morgan fingerprint density at radius 1 is 0.882 bits per heavy atom. The Labute approximate surface area is 292 Å². The van der Waals surface area contributed by atoms with Gasteiger partial charge in [0.05, 0.1) is 29.6 Å². The average molecular weight is 752 g/mol. The number of hydrogen-bond donors (Lipinski definition) is 1. The van der Waals surface area contributed by atoms with E-state index >= 15 is 8.78 Å². The van der Waals surface area contributed by atoms with E-state index in [2.05, 4.69) is 0 Å². The Bertz CT molecular complexity index is 2160. The number of hydrogen-bond acceptors (Lipinski definition) is 8. The summed E-state index contributed by atoms with van der Waals surface area (Å²) >= 11 is 14.1. The Morgan fingerprint density at radius 2 is 1.51 bits per heavy atom. The van der Waals surface area contributed by atoms with Crippen molar-refractivity contribution in [2.75, 3.05) is 16.9 Å². The van der Waals surface area contributed by atoms with Crippen LogP contribution in [0.25, 0.3) is 0 Å². The fourth-order valence-corrected chi connectivity index (χ4v) is 8.78. The number of alkyl halides is 2. The molecule has 3 aromatic carbocycles. The number of benzene rings is 3. The lowest BCUT2D eigenvalue weighted by Gasteiger charge is -2.50. The minimum Gasteiger partial charge on any atom is -0.504 e. The molecule has 51 heavy (non-hydrogen) atoms. The number of ether oxygens (including phenoxy) is 1. The van der Waals surface area contributed by atoms with E-state index in [4.69, 9.17) is 27.9 Å². The van der Waals surface area contributed by atoms with Crippen molar-refractivity contribution in [1.29, 1.82) is 0 Å². The Balaban J connectivity index is 1.44. The van der Waals surface area contributed by atoms with Crippen molar-refractivity contribution in [3.05, 3.63) is 98.9 Å². The summed E-state index contributed by atoms with van der Waals surface area (Å²) in [5.74, 6) is -23.9. The van der Waals surface area contributed by atoms with Gasteiger partial charge in [-0.05, 0) is 30.9 Å². The molecule has 0 spiro atoms. The van der Waals surface area contributed by atoms with Gasteiger partial charge in [-0.2, -0.15) is 0 Å². The molecular formula is C33H20Cl2F5N3O8. The minimum atomic E-state index is -2.85. The lowest BCUT2D eigenvalue weighted by Crippen LogP contribution is -2.60. The first kappa shape index (κ1) is 34.4. The summed E-state index contributed by atoms with van der Waals surface area (Å²) in [7, 11) is 1.19. The first-order valence-electron chi connectivity index (χ1n) is 15.0. The van der Waals surface area contributed by atoms with Gasteiger partial charge in [0.2, 0.25) is 17.6 Å². The molecule has 2 saturated heterocycles. The van der Waals surface area contributed by atoms with Crippen LogP contribution in [-0.4, -0.2) is 50.5 Å². The standard InChI is InChI=1S/C33H20Cl2F5N3O8/c1-51-18-7-3-6-16(27(18)44)20-14-8-9-15-19(29(46)41(28(15)45)12-4-2-5-13(10-12)43(49)50)17(14)11-32(34)30(47)42(31(48)33(20,32)35)26-24(39)22(37)21(36)23(38)25(26)40/h2-8,10,15,17,19-20,44H,9,11H2,1H3/t15-,17+,19-,20+,32+,33-/m0/s1. The summed E-state index contributed by atoms with van der Waals surface area (Å²) in [6.07, 6.45) is 0.487. The number of rotatable bonds is 5. The quantitative estimate of drug-likeness (QED) is 0.0505. The van der Waals surface area contributed by atoms with Crippen LogP contribution in [0.15, 0.2) is 54.1 Å². The molecule has 4 amide bonds. The zero-order chi connectivity index (χ0) is 37.1. The number of amides is 4. The summed E-state index contributed by atoms with van der Waals surface area (Å²) in [4.78, 5) is 62.0. The third-order valence-electron chi connectivity index (χ3n) is 10.1. The molecule has 2 aliphatic heterocycles. The van der Waals surface area contributed by atoms with Gasteiger partial charge in [-0.15, -0.1) is 23.2 Å². The second kappa shape index (κ2) is 11.5. The Kier molecular flexibility index (Phi) is 7.72. The van der Waals surface area contributed by atoms with Gasteiger partial charge in [0.15, 0.2) is 44.5 Å². The van der Waals surface area contributed by atoms with Gasteiger partial charge in [0.1, 0.15) is 5.69 Å². The highest BCUT2D eigenvalue weighted by Gasteiger charge is 2.77. The van der Waals surface area contributed by atoms with E-state index in [0.29, 0.717) is 0 Å². The van der Waals surface area contributed by atoms with Crippen molar-refractivity contribution >= 4 is 63.9 Å². The van der Waals surface area contributed by atoms with Gasteiger partial charge >= 0.3 is 0 Å². The summed E-state index contributed by atoms with van der Waals surface area (Å²) in [5.41, 5.74) is -2.64. The molecule has 1 N–H and O–H groups in total. The lowest BCUT2D eigenvalue weighted by molar-refractivity contribution is -0.384. The monoisotopic (exact) mass is 751 g/mol. The molecular weight excluding hydrogens is 732 g/mol. The van der Waals surface area contributed by atoms with Crippen LogP contribution in [0.4, 0.5) is 39.0 Å². The first-order chi connectivity index (χ1) is 24.0. The molecule has 2 heterocycles. The van der Waals surface area contributed by atoms with Crippen molar-refractivity contribution < 1.29 is 55.9 Å². The van der Waals surface area contributed by atoms with E-state index in [0.717, 1.165) is 17.0 Å². The van der Waals surface area contributed by atoms with Crippen LogP contribution in [0.2, 0.25) is 0 Å². The Morgan fingerprint density at radius 3 is 2.14 bits per heavy atom. The second-order valence-electron chi connectivity index (χ2n) is 12.4. The molecule has 6 atom stereocenters. The molecule has 4 aliphatic rings. The van der Waals surface area contributed by atoms with Crippen molar-refractivity contribution in [2.24, 2.45) is 17.8 Å². The topological polar surface area (TPSA) is 147 Å². The molecule has 0 bridgehead atoms. The van der Waals surface area contributed by atoms with E-state index in [-0.39, 0.29) is 33.9 Å². The van der Waals surface area contributed by atoms with Crippen molar-refractivity contribution in [2.45, 2.75) is 28.5 Å². The van der Waals surface area contributed by atoms with Crippen molar-refractivity contribution in [3.63, 3.8) is 0 Å². The van der Waals surface area contributed by atoms with Crippen LogP contribution in [0.5, 0.6) is 11.5 Å². The number of nitrogens with zero attached hydrogens (tertiary/aromatic N) is 3. The maximum atomic E-state index is 15.2. The second-order valence-corrected chi connectivity index (χ2v) is 13.6. The van der Waals surface area contributed by atoms with E-state index < -0.39 is 115 Å². The van der Waals surface area contributed by atoms with Gasteiger partial charge in [0, 0.05) is 23.6 Å². The summed E-state index contributed by atoms with van der Waals surface area (Å²) in [5, 5.41) is 22.8. The number of imide groups is 2. The highest BCUT2D eigenvalue weighted by atomic mass is 35.5. The fraction of sp³-hybridized carbons (Fsp3) is 0.273. The van der Waals surface area contributed by atoms with E-state index in [1.807, 2.05) is 0 Å². The van der Waals surface area contributed by atoms with E-state index in [1.54, 1.807) is 0 Å². The molecule has 264 valence electrons. The molecule has 0 aromatic heterocycles. The van der Waals surface area contributed by atoms with Crippen LogP contribution < -0.4 is 14.5 Å². The zero-order valence-corrected chi connectivity index (χ0v) is 27.1. The molecule has 11 nitrogen and oxygen atoms in total. The number of nitro benzene ring substituents is 1. The molecule has 0 unspecified atom stereocenters. The van der Waals surface area contributed by atoms with Gasteiger partial charge < -0.3 is 9.84 Å². The number of carbonyl (C=O) groups is 4. The number of allylic oxidation sites excluding steroid dienone is 2. The highest BCUT2D eigenvalue weighted by molar-refractivity contribution is 6.58. The smallest absolute Gasteiger partial charge is 0.271 e. The molecule has 2 aliphatic carbocycles. The molecule has 0 radical (unpaired) electrons. The normalized spacial score (nSPS) is 28.4. The fourth-order valence-electron chi connectivity index (χ4n) is 7.85. The molecule has 18 heteroatoms. The number of anilines is 2. The molecule has 7 rings (SSSR count). The summed E-state index contributed by atoms with van der Waals surface area (Å²) < 4.78 is 78.5. The number of carbonyl (C=O) groups excluding carboxylic acids is 4. The van der Waals surface area contributed by atoms with Crippen LogP contribution in [-0.2, 0) is 19.2 Å². The summed E-state index contributed by atoms with van der Waals surface area (Å²) in [6, 6.07) is 8.64. The third kappa shape index (κ3) is 4.35. The zero-order valence-electron chi connectivity index (χ0n) is 25.6. The number of non-ortho nitro benzene ring substituents is 1. The Hall–Kier alpha value is -5.09. The molecule has 3 fully saturated rings. The van der Waals surface area contributed by atoms with Gasteiger partial charge in [0.25, 0.3) is 17.5 Å². The van der Waals surface area contributed by atoms with Crippen LogP contribution in [0, 0.1) is 57.0 Å². The minimum absolute atomic E-state index is 0.0912.